The van der Waals surface area contributed by atoms with Gasteiger partial charge in [-0.1, -0.05) is 82.1 Å². The molecule has 3 rings (SSSR count). The second kappa shape index (κ2) is 11.8. The predicted octanol–water partition coefficient (Wildman–Crippen LogP) is 5.42. The Bertz CT molecular complexity index is 1040. The van der Waals surface area contributed by atoms with Gasteiger partial charge in [0.25, 0.3) is 0 Å². The highest BCUT2D eigenvalue weighted by Crippen LogP contribution is 2.19. The molecule has 32 heavy (non-hydrogen) atoms. The number of nitrogens with one attached hydrogen (secondary N) is 1. The SMILES string of the molecule is CCNC(=O)C(Cc1ccccc1)N(Cc1cccc(Br)c1)C(=O)Cc1ccc(Cl)cc1. The molecule has 0 bridgehead atoms. The first kappa shape index (κ1) is 24.0. The third-order valence-corrected chi connectivity index (χ3v) is 5.88. The Balaban J connectivity index is 1.94. The highest BCUT2D eigenvalue weighted by Gasteiger charge is 2.30. The maximum Gasteiger partial charge on any atom is 0.243 e. The van der Waals surface area contributed by atoms with Crippen LogP contribution in [0.2, 0.25) is 5.02 Å². The Morgan fingerprint density at radius 3 is 2.28 bits per heavy atom. The zero-order valence-electron chi connectivity index (χ0n) is 17.9. The van der Waals surface area contributed by atoms with Crippen LogP contribution in [0, 0.1) is 0 Å². The van der Waals surface area contributed by atoms with Gasteiger partial charge in [-0.05, 0) is 47.9 Å². The summed E-state index contributed by atoms with van der Waals surface area (Å²) in [5.74, 6) is -0.268. The molecule has 0 radical (unpaired) electrons. The van der Waals surface area contributed by atoms with Crippen molar-refractivity contribution in [2.45, 2.75) is 32.4 Å². The average Bonchev–Trinajstić information content (AvgIpc) is 2.78. The molecule has 0 aliphatic rings. The van der Waals surface area contributed by atoms with Gasteiger partial charge in [-0.2, -0.15) is 0 Å². The van der Waals surface area contributed by atoms with Crippen LogP contribution in [0.3, 0.4) is 0 Å². The van der Waals surface area contributed by atoms with E-state index in [9.17, 15) is 9.59 Å². The fourth-order valence-corrected chi connectivity index (χ4v) is 4.13. The Morgan fingerprint density at radius 2 is 1.62 bits per heavy atom. The molecule has 0 heterocycles. The van der Waals surface area contributed by atoms with Gasteiger partial charge in [-0.25, -0.2) is 0 Å². The van der Waals surface area contributed by atoms with Crippen LogP contribution in [0.5, 0.6) is 0 Å². The van der Waals surface area contributed by atoms with Crippen LogP contribution < -0.4 is 5.32 Å². The minimum atomic E-state index is -0.629. The van der Waals surface area contributed by atoms with Crippen molar-refractivity contribution in [3.63, 3.8) is 0 Å². The molecule has 2 amide bonds. The Hall–Kier alpha value is -2.63. The molecule has 0 fully saturated rings. The van der Waals surface area contributed by atoms with Crippen molar-refractivity contribution < 1.29 is 9.59 Å². The number of amides is 2. The van der Waals surface area contributed by atoms with E-state index in [0.717, 1.165) is 21.2 Å². The highest BCUT2D eigenvalue weighted by molar-refractivity contribution is 9.10. The lowest BCUT2D eigenvalue weighted by atomic mass is 10.0. The largest absolute Gasteiger partial charge is 0.355 e. The van der Waals surface area contributed by atoms with Crippen molar-refractivity contribution >= 4 is 39.3 Å². The van der Waals surface area contributed by atoms with Gasteiger partial charge in [0.1, 0.15) is 6.04 Å². The molecule has 1 N–H and O–H groups in total. The second-order valence-electron chi connectivity index (χ2n) is 7.55. The molecule has 166 valence electrons. The molecular weight excluding hydrogens is 488 g/mol. The number of nitrogens with zero attached hydrogens (tertiary/aromatic N) is 1. The minimum Gasteiger partial charge on any atom is -0.355 e. The zero-order chi connectivity index (χ0) is 22.9. The van der Waals surface area contributed by atoms with Gasteiger partial charge < -0.3 is 10.2 Å². The summed E-state index contributed by atoms with van der Waals surface area (Å²) in [4.78, 5) is 28.3. The molecule has 0 saturated carbocycles. The van der Waals surface area contributed by atoms with E-state index in [4.69, 9.17) is 11.6 Å². The first-order valence-corrected chi connectivity index (χ1v) is 11.7. The van der Waals surface area contributed by atoms with E-state index < -0.39 is 6.04 Å². The lowest BCUT2D eigenvalue weighted by molar-refractivity contribution is -0.140. The van der Waals surface area contributed by atoms with Gasteiger partial charge in [0, 0.05) is 29.0 Å². The van der Waals surface area contributed by atoms with E-state index in [2.05, 4.69) is 21.2 Å². The number of hydrogen-bond donors (Lipinski definition) is 1. The van der Waals surface area contributed by atoms with Crippen LogP contribution in [0.25, 0.3) is 0 Å². The normalized spacial score (nSPS) is 11.6. The molecule has 0 aromatic heterocycles. The monoisotopic (exact) mass is 512 g/mol. The molecule has 3 aromatic rings. The van der Waals surface area contributed by atoms with Crippen molar-refractivity contribution in [3.8, 4) is 0 Å². The lowest BCUT2D eigenvalue weighted by Gasteiger charge is -2.31. The molecule has 4 nitrogen and oxygen atoms in total. The van der Waals surface area contributed by atoms with E-state index in [-0.39, 0.29) is 18.2 Å². The molecule has 0 saturated heterocycles. The van der Waals surface area contributed by atoms with Crippen LogP contribution in [-0.4, -0.2) is 29.3 Å². The van der Waals surface area contributed by atoms with E-state index in [1.54, 1.807) is 17.0 Å². The molecule has 0 aliphatic heterocycles. The molecule has 1 atom stereocenters. The fourth-order valence-electron chi connectivity index (χ4n) is 3.56. The van der Waals surface area contributed by atoms with E-state index in [0.29, 0.717) is 24.5 Å². The Labute approximate surface area is 202 Å². The predicted molar refractivity (Wildman–Crippen MR) is 132 cm³/mol. The van der Waals surface area contributed by atoms with Gasteiger partial charge in [0.05, 0.1) is 6.42 Å². The lowest BCUT2D eigenvalue weighted by Crippen LogP contribution is -2.50. The fraction of sp³-hybridized carbons (Fsp3) is 0.231. The number of carbonyl (C=O) groups is 2. The van der Waals surface area contributed by atoms with Crippen molar-refractivity contribution in [3.05, 3.63) is 105 Å². The van der Waals surface area contributed by atoms with Crippen molar-refractivity contribution in [1.82, 2.24) is 10.2 Å². The van der Waals surface area contributed by atoms with Crippen molar-refractivity contribution in [2.75, 3.05) is 6.54 Å². The second-order valence-corrected chi connectivity index (χ2v) is 8.91. The standard InChI is InChI=1S/C26H26BrClN2O2/c1-2-29-26(32)24(16-19-7-4-3-5-8-19)30(18-21-9-6-10-22(27)15-21)25(31)17-20-11-13-23(28)14-12-20/h3-15,24H,2,16-18H2,1H3,(H,29,32). The first-order valence-electron chi connectivity index (χ1n) is 10.6. The number of benzene rings is 3. The molecule has 1 unspecified atom stereocenters. The maximum atomic E-state index is 13.5. The topological polar surface area (TPSA) is 49.4 Å². The number of hydrogen-bond acceptors (Lipinski definition) is 2. The number of carbonyl (C=O) groups excluding carboxylic acids is 2. The smallest absolute Gasteiger partial charge is 0.243 e. The van der Waals surface area contributed by atoms with Crippen molar-refractivity contribution in [2.24, 2.45) is 0 Å². The average molecular weight is 514 g/mol. The number of halogens is 2. The third-order valence-electron chi connectivity index (χ3n) is 5.13. The molecular formula is C26H26BrClN2O2. The van der Waals surface area contributed by atoms with Crippen molar-refractivity contribution in [1.29, 1.82) is 0 Å². The highest BCUT2D eigenvalue weighted by atomic mass is 79.9. The first-order chi connectivity index (χ1) is 15.5. The van der Waals surface area contributed by atoms with E-state index in [1.807, 2.05) is 73.7 Å². The molecule has 3 aromatic carbocycles. The van der Waals surface area contributed by atoms with Crippen LogP contribution >= 0.6 is 27.5 Å². The number of likely N-dealkylation sites (N-methyl/N-ethyl adjacent to an activating group) is 1. The molecule has 0 spiro atoms. The Kier molecular flexibility index (Phi) is 8.89. The van der Waals surface area contributed by atoms with E-state index in [1.165, 1.54) is 0 Å². The summed E-state index contributed by atoms with van der Waals surface area (Å²) in [6, 6.07) is 24.2. The summed E-state index contributed by atoms with van der Waals surface area (Å²) >= 11 is 9.50. The Morgan fingerprint density at radius 1 is 0.938 bits per heavy atom. The van der Waals surface area contributed by atoms with Gasteiger partial charge in [-0.3, -0.25) is 9.59 Å². The molecule has 0 aliphatic carbocycles. The maximum absolute atomic E-state index is 13.5. The summed E-state index contributed by atoms with van der Waals surface area (Å²) in [5.41, 5.74) is 2.81. The van der Waals surface area contributed by atoms with Crippen LogP contribution in [-0.2, 0) is 29.0 Å². The molecule has 6 heteroatoms. The van der Waals surface area contributed by atoms with Gasteiger partial charge >= 0.3 is 0 Å². The van der Waals surface area contributed by atoms with Gasteiger partial charge in [0.2, 0.25) is 11.8 Å². The van der Waals surface area contributed by atoms with Gasteiger partial charge in [0.15, 0.2) is 0 Å². The summed E-state index contributed by atoms with van der Waals surface area (Å²) in [7, 11) is 0. The third kappa shape index (κ3) is 6.94. The number of rotatable bonds is 9. The summed E-state index contributed by atoms with van der Waals surface area (Å²) in [6.07, 6.45) is 0.628. The quantitative estimate of drug-likeness (QED) is 0.415. The zero-order valence-corrected chi connectivity index (χ0v) is 20.3. The summed E-state index contributed by atoms with van der Waals surface area (Å²) in [6.45, 7) is 2.71. The van der Waals surface area contributed by atoms with Crippen LogP contribution in [0.1, 0.15) is 23.6 Å². The van der Waals surface area contributed by atoms with E-state index >= 15 is 0 Å². The minimum absolute atomic E-state index is 0.112. The summed E-state index contributed by atoms with van der Waals surface area (Å²) in [5, 5.41) is 3.53. The van der Waals surface area contributed by atoms with Crippen LogP contribution in [0.15, 0.2) is 83.3 Å². The van der Waals surface area contributed by atoms with Crippen LogP contribution in [0.4, 0.5) is 0 Å². The summed E-state index contributed by atoms with van der Waals surface area (Å²) < 4.78 is 0.928. The van der Waals surface area contributed by atoms with Gasteiger partial charge in [-0.15, -0.1) is 0 Å².